The summed E-state index contributed by atoms with van der Waals surface area (Å²) in [5.74, 6) is 0.790. The maximum absolute atomic E-state index is 12.1. The molecule has 0 saturated carbocycles. The lowest BCUT2D eigenvalue weighted by atomic mass is 10.2. The third-order valence-corrected chi connectivity index (χ3v) is 4.31. The summed E-state index contributed by atoms with van der Waals surface area (Å²) < 4.78 is 7.15. The van der Waals surface area contributed by atoms with Crippen LogP contribution < -0.4 is 0 Å². The van der Waals surface area contributed by atoms with E-state index in [0.29, 0.717) is 18.3 Å². The molecule has 0 radical (unpaired) electrons. The molecule has 0 aliphatic carbocycles. The van der Waals surface area contributed by atoms with Gasteiger partial charge in [0.1, 0.15) is 0 Å². The van der Waals surface area contributed by atoms with Gasteiger partial charge in [0.25, 0.3) is 0 Å². The van der Waals surface area contributed by atoms with Gasteiger partial charge in [-0.15, -0.1) is 10.2 Å². The van der Waals surface area contributed by atoms with E-state index in [-0.39, 0.29) is 11.2 Å². The van der Waals surface area contributed by atoms with Crippen LogP contribution in [0.5, 0.6) is 0 Å². The van der Waals surface area contributed by atoms with Crippen LogP contribution in [0, 0.1) is 0 Å². The van der Waals surface area contributed by atoms with Crippen LogP contribution in [0.15, 0.2) is 29.7 Å². The van der Waals surface area contributed by atoms with Gasteiger partial charge in [0.05, 0.1) is 18.4 Å². The first kappa shape index (κ1) is 17.4. The summed E-state index contributed by atoms with van der Waals surface area (Å²) in [5, 5.41) is 9.01. The van der Waals surface area contributed by atoms with Crippen LogP contribution >= 0.6 is 11.8 Å². The van der Waals surface area contributed by atoms with Gasteiger partial charge in [-0.2, -0.15) is 0 Å². The number of nitrogens with zero attached hydrogens (tertiary/aromatic N) is 5. The SMILES string of the molecule is COCCn1c(SC(C)C(=O)N(C)C)nnc1-c1ccncc1. The van der Waals surface area contributed by atoms with Crippen molar-refractivity contribution in [2.45, 2.75) is 23.9 Å². The smallest absolute Gasteiger partial charge is 0.235 e. The summed E-state index contributed by atoms with van der Waals surface area (Å²) in [4.78, 5) is 17.7. The molecular formula is C15H21N5O2S. The standard InChI is InChI=1S/C15H21N5O2S/c1-11(14(21)19(2)3)23-15-18-17-13(20(15)9-10-22-4)12-5-7-16-8-6-12/h5-8,11H,9-10H2,1-4H3. The maximum atomic E-state index is 12.1. The highest BCUT2D eigenvalue weighted by Gasteiger charge is 2.21. The third kappa shape index (κ3) is 4.29. The average Bonchev–Trinajstić information content (AvgIpc) is 2.95. The molecule has 1 unspecified atom stereocenters. The quantitative estimate of drug-likeness (QED) is 0.715. The molecule has 2 aromatic rings. The van der Waals surface area contributed by atoms with E-state index in [0.717, 1.165) is 11.4 Å². The average molecular weight is 335 g/mol. The van der Waals surface area contributed by atoms with Crippen LogP contribution in [0.1, 0.15) is 6.92 Å². The predicted octanol–water partition coefficient (Wildman–Crippen LogP) is 1.56. The van der Waals surface area contributed by atoms with Crippen molar-refractivity contribution in [3.63, 3.8) is 0 Å². The fourth-order valence-corrected chi connectivity index (χ4v) is 3.07. The third-order valence-electron chi connectivity index (χ3n) is 3.25. The van der Waals surface area contributed by atoms with Gasteiger partial charge >= 0.3 is 0 Å². The van der Waals surface area contributed by atoms with Gasteiger partial charge in [-0.05, 0) is 19.1 Å². The van der Waals surface area contributed by atoms with Crippen LogP contribution in [0.25, 0.3) is 11.4 Å². The van der Waals surface area contributed by atoms with Crippen molar-refractivity contribution in [3.05, 3.63) is 24.5 Å². The minimum absolute atomic E-state index is 0.0433. The van der Waals surface area contributed by atoms with Crippen molar-refractivity contribution in [3.8, 4) is 11.4 Å². The molecule has 1 amide bonds. The number of hydrogen-bond donors (Lipinski definition) is 0. The van der Waals surface area contributed by atoms with Crippen molar-refractivity contribution >= 4 is 17.7 Å². The highest BCUT2D eigenvalue weighted by Crippen LogP contribution is 2.27. The van der Waals surface area contributed by atoms with Crippen molar-refractivity contribution in [1.29, 1.82) is 0 Å². The number of carbonyl (C=O) groups is 1. The van der Waals surface area contributed by atoms with E-state index < -0.39 is 0 Å². The van der Waals surface area contributed by atoms with E-state index in [2.05, 4.69) is 15.2 Å². The molecule has 0 aliphatic heterocycles. The molecule has 0 fully saturated rings. The molecule has 2 rings (SSSR count). The Morgan fingerprint density at radius 2 is 2.04 bits per heavy atom. The Hall–Kier alpha value is -1.93. The number of carbonyl (C=O) groups excluding carboxylic acids is 1. The Balaban J connectivity index is 2.29. The number of pyridine rings is 1. The fraction of sp³-hybridized carbons (Fsp3) is 0.467. The Morgan fingerprint density at radius 3 is 2.65 bits per heavy atom. The van der Waals surface area contributed by atoms with Crippen LogP contribution in [-0.2, 0) is 16.1 Å². The summed E-state index contributed by atoms with van der Waals surface area (Å²) in [5.41, 5.74) is 0.932. The van der Waals surface area contributed by atoms with Gasteiger partial charge in [0.15, 0.2) is 11.0 Å². The monoisotopic (exact) mass is 335 g/mol. The molecule has 0 N–H and O–H groups in total. The fourth-order valence-electron chi connectivity index (χ4n) is 2.05. The first-order chi connectivity index (χ1) is 11.0. The Labute approximate surface area is 140 Å². The lowest BCUT2D eigenvalue weighted by Crippen LogP contribution is -2.29. The highest BCUT2D eigenvalue weighted by atomic mass is 32.2. The summed E-state index contributed by atoms with van der Waals surface area (Å²) in [6.45, 7) is 3.03. The molecule has 0 bridgehead atoms. The zero-order valence-electron chi connectivity index (χ0n) is 13.8. The lowest BCUT2D eigenvalue weighted by molar-refractivity contribution is -0.127. The number of thioether (sulfide) groups is 1. The molecule has 0 aromatic carbocycles. The van der Waals surface area contributed by atoms with Crippen LogP contribution in [0.2, 0.25) is 0 Å². The van der Waals surface area contributed by atoms with Gasteiger partial charge in [0.2, 0.25) is 5.91 Å². The number of methoxy groups -OCH3 is 1. The zero-order chi connectivity index (χ0) is 16.8. The molecule has 0 saturated heterocycles. The molecule has 0 aliphatic rings. The van der Waals surface area contributed by atoms with E-state index in [1.54, 1.807) is 38.5 Å². The largest absolute Gasteiger partial charge is 0.383 e. The Morgan fingerprint density at radius 1 is 1.35 bits per heavy atom. The molecule has 2 aromatic heterocycles. The minimum Gasteiger partial charge on any atom is -0.383 e. The molecular weight excluding hydrogens is 314 g/mol. The number of aromatic nitrogens is 4. The zero-order valence-corrected chi connectivity index (χ0v) is 14.6. The van der Waals surface area contributed by atoms with Crippen LogP contribution in [-0.4, -0.2) is 63.6 Å². The number of ether oxygens (including phenoxy) is 1. The molecule has 7 nitrogen and oxygen atoms in total. The summed E-state index contributed by atoms with van der Waals surface area (Å²) in [7, 11) is 5.15. The minimum atomic E-state index is -0.235. The van der Waals surface area contributed by atoms with Crippen molar-refractivity contribution in [1.82, 2.24) is 24.6 Å². The van der Waals surface area contributed by atoms with Gasteiger partial charge in [0, 0.05) is 39.2 Å². The number of hydrogen-bond acceptors (Lipinski definition) is 6. The van der Waals surface area contributed by atoms with Crippen LogP contribution in [0.4, 0.5) is 0 Å². The Bertz CT molecular complexity index is 645. The summed E-state index contributed by atoms with van der Waals surface area (Å²) in [6.07, 6.45) is 3.44. The van der Waals surface area contributed by atoms with E-state index >= 15 is 0 Å². The van der Waals surface area contributed by atoms with E-state index in [1.165, 1.54) is 11.8 Å². The number of rotatable bonds is 7. The van der Waals surface area contributed by atoms with Crippen molar-refractivity contribution in [2.75, 3.05) is 27.8 Å². The van der Waals surface area contributed by atoms with E-state index in [4.69, 9.17) is 4.74 Å². The molecule has 0 spiro atoms. The van der Waals surface area contributed by atoms with Crippen LogP contribution in [0.3, 0.4) is 0 Å². The first-order valence-electron chi connectivity index (χ1n) is 7.25. The van der Waals surface area contributed by atoms with Gasteiger partial charge < -0.3 is 9.64 Å². The summed E-state index contributed by atoms with van der Waals surface area (Å²) >= 11 is 1.40. The van der Waals surface area contributed by atoms with E-state index in [1.807, 2.05) is 23.6 Å². The molecule has 8 heteroatoms. The summed E-state index contributed by atoms with van der Waals surface area (Å²) in [6, 6.07) is 3.77. The second-order valence-corrected chi connectivity index (χ2v) is 6.49. The molecule has 1 atom stereocenters. The van der Waals surface area contributed by atoms with Gasteiger partial charge in [-0.1, -0.05) is 11.8 Å². The lowest BCUT2D eigenvalue weighted by Gasteiger charge is -2.16. The highest BCUT2D eigenvalue weighted by molar-refractivity contribution is 8.00. The van der Waals surface area contributed by atoms with Crippen molar-refractivity contribution < 1.29 is 9.53 Å². The topological polar surface area (TPSA) is 73.1 Å². The first-order valence-corrected chi connectivity index (χ1v) is 8.13. The molecule has 23 heavy (non-hydrogen) atoms. The van der Waals surface area contributed by atoms with E-state index in [9.17, 15) is 4.79 Å². The second kappa shape index (κ2) is 8.07. The molecule has 124 valence electrons. The number of amides is 1. The van der Waals surface area contributed by atoms with Crippen molar-refractivity contribution in [2.24, 2.45) is 0 Å². The predicted molar refractivity (Wildman–Crippen MR) is 89.1 cm³/mol. The Kier molecular flexibility index (Phi) is 6.12. The second-order valence-electron chi connectivity index (χ2n) is 5.18. The maximum Gasteiger partial charge on any atom is 0.235 e. The van der Waals surface area contributed by atoms with Gasteiger partial charge in [-0.3, -0.25) is 14.3 Å². The normalized spacial score (nSPS) is 12.2. The van der Waals surface area contributed by atoms with Gasteiger partial charge in [-0.25, -0.2) is 0 Å². The molecule has 2 heterocycles.